The van der Waals surface area contributed by atoms with Crippen LogP contribution in [0, 0.1) is 11.8 Å². The minimum atomic E-state index is -0.829. The van der Waals surface area contributed by atoms with Crippen molar-refractivity contribution >= 4 is 29.2 Å². The number of aliphatic carboxylic acids is 1. The number of halogens is 1. The molecule has 1 heterocycles. The Balaban J connectivity index is 1.98. The van der Waals surface area contributed by atoms with Crippen LogP contribution in [0.25, 0.3) is 0 Å². The van der Waals surface area contributed by atoms with Gasteiger partial charge in [-0.2, -0.15) is 0 Å². The third kappa shape index (κ3) is 2.79. The van der Waals surface area contributed by atoms with E-state index in [9.17, 15) is 9.59 Å². The van der Waals surface area contributed by atoms with Gasteiger partial charge < -0.3 is 10.4 Å². The van der Waals surface area contributed by atoms with E-state index < -0.39 is 11.9 Å². The number of nitrogens with one attached hydrogen (secondary N) is 1. The van der Waals surface area contributed by atoms with Crippen molar-refractivity contribution in [1.29, 1.82) is 0 Å². The summed E-state index contributed by atoms with van der Waals surface area (Å²) in [5, 5.41) is 12.0. The Bertz CT molecular complexity index is 478. The van der Waals surface area contributed by atoms with Crippen LogP contribution in [0.3, 0.4) is 0 Å². The van der Waals surface area contributed by atoms with Crippen molar-refractivity contribution in [2.75, 3.05) is 5.32 Å². The summed E-state index contributed by atoms with van der Waals surface area (Å²) in [7, 11) is 0. The predicted octanol–water partition coefficient (Wildman–Crippen LogP) is 2.17. The van der Waals surface area contributed by atoms with Crippen LogP contribution in [0.1, 0.15) is 19.3 Å². The number of carbonyl (C=O) groups is 2. The molecule has 2 atom stereocenters. The minimum Gasteiger partial charge on any atom is -0.481 e. The van der Waals surface area contributed by atoms with Crippen LogP contribution >= 0.6 is 11.6 Å². The van der Waals surface area contributed by atoms with E-state index in [1.165, 1.54) is 12.4 Å². The van der Waals surface area contributed by atoms with E-state index in [2.05, 4.69) is 10.3 Å². The molecular weight excluding hydrogens is 256 g/mol. The summed E-state index contributed by atoms with van der Waals surface area (Å²) in [5.74, 6) is -1.69. The SMILES string of the molecule is O=C(O)[C@H]1CC[C@@H](C(=O)Nc2cnccc2Cl)C1. The summed E-state index contributed by atoms with van der Waals surface area (Å²) in [5.41, 5.74) is 0.461. The van der Waals surface area contributed by atoms with Gasteiger partial charge in [-0.05, 0) is 25.3 Å². The molecule has 1 fully saturated rings. The molecule has 0 unspecified atom stereocenters. The minimum absolute atomic E-state index is 0.186. The van der Waals surface area contributed by atoms with Gasteiger partial charge in [0.05, 0.1) is 22.8 Å². The van der Waals surface area contributed by atoms with Crippen LogP contribution in [0.4, 0.5) is 5.69 Å². The molecule has 0 radical (unpaired) electrons. The van der Waals surface area contributed by atoms with Crippen LogP contribution in [0.2, 0.25) is 5.02 Å². The normalized spacial score (nSPS) is 22.7. The standard InChI is InChI=1S/C12H13ClN2O3/c13-9-3-4-14-6-10(9)15-11(16)7-1-2-8(5-7)12(17)18/h3-4,6-8H,1-2,5H2,(H,15,16)(H,17,18)/t7-,8+/m1/s1. The number of hydrogen-bond acceptors (Lipinski definition) is 3. The summed E-state index contributed by atoms with van der Waals surface area (Å²) >= 11 is 5.91. The number of anilines is 1. The number of aromatic nitrogens is 1. The fraction of sp³-hybridized carbons (Fsp3) is 0.417. The molecule has 1 aliphatic rings. The first-order valence-electron chi connectivity index (χ1n) is 5.71. The maximum Gasteiger partial charge on any atom is 0.306 e. The number of carboxylic acid groups (broad SMARTS) is 1. The molecule has 2 N–H and O–H groups in total. The van der Waals surface area contributed by atoms with Crippen LogP contribution in [0.15, 0.2) is 18.5 Å². The lowest BCUT2D eigenvalue weighted by Gasteiger charge is -2.11. The Kier molecular flexibility index (Phi) is 3.81. The molecular formula is C12H13ClN2O3. The lowest BCUT2D eigenvalue weighted by atomic mass is 10.0. The number of amides is 1. The van der Waals surface area contributed by atoms with Gasteiger partial charge >= 0.3 is 5.97 Å². The molecule has 0 aromatic carbocycles. The van der Waals surface area contributed by atoms with Crippen molar-refractivity contribution < 1.29 is 14.7 Å². The molecule has 1 saturated carbocycles. The molecule has 0 bridgehead atoms. The van der Waals surface area contributed by atoms with Crippen molar-refractivity contribution in [3.05, 3.63) is 23.5 Å². The van der Waals surface area contributed by atoms with Gasteiger partial charge in [0.1, 0.15) is 0 Å². The molecule has 18 heavy (non-hydrogen) atoms. The first-order chi connectivity index (χ1) is 8.58. The second-order valence-electron chi connectivity index (χ2n) is 4.39. The van der Waals surface area contributed by atoms with Crippen LogP contribution in [-0.4, -0.2) is 22.0 Å². The van der Waals surface area contributed by atoms with E-state index in [4.69, 9.17) is 16.7 Å². The molecule has 1 aromatic heterocycles. The summed E-state index contributed by atoms with van der Waals surface area (Å²) in [6, 6.07) is 1.59. The monoisotopic (exact) mass is 268 g/mol. The average Bonchev–Trinajstić information content (AvgIpc) is 2.81. The van der Waals surface area contributed by atoms with Gasteiger partial charge in [-0.1, -0.05) is 11.6 Å². The van der Waals surface area contributed by atoms with Gasteiger partial charge in [0.15, 0.2) is 0 Å². The van der Waals surface area contributed by atoms with Gasteiger partial charge in [-0.25, -0.2) is 0 Å². The van der Waals surface area contributed by atoms with Gasteiger partial charge in [-0.3, -0.25) is 14.6 Å². The molecule has 1 amide bonds. The third-order valence-electron chi connectivity index (χ3n) is 3.18. The lowest BCUT2D eigenvalue weighted by Crippen LogP contribution is -2.21. The molecule has 6 heteroatoms. The number of carboxylic acids is 1. The molecule has 96 valence electrons. The lowest BCUT2D eigenvalue weighted by molar-refractivity contribution is -0.141. The topological polar surface area (TPSA) is 79.3 Å². The zero-order valence-electron chi connectivity index (χ0n) is 9.60. The maximum absolute atomic E-state index is 11.9. The van der Waals surface area contributed by atoms with Crippen molar-refractivity contribution in [1.82, 2.24) is 4.98 Å². The Morgan fingerprint density at radius 3 is 2.72 bits per heavy atom. The second kappa shape index (κ2) is 5.35. The highest BCUT2D eigenvalue weighted by Crippen LogP contribution is 2.32. The van der Waals surface area contributed by atoms with Crippen LogP contribution < -0.4 is 5.32 Å². The molecule has 5 nitrogen and oxygen atoms in total. The smallest absolute Gasteiger partial charge is 0.306 e. The molecule has 2 rings (SSSR count). The molecule has 1 aliphatic carbocycles. The van der Waals surface area contributed by atoms with E-state index in [1.54, 1.807) is 6.07 Å². The Morgan fingerprint density at radius 2 is 2.11 bits per heavy atom. The molecule has 1 aromatic rings. The van der Waals surface area contributed by atoms with E-state index in [-0.39, 0.29) is 11.8 Å². The zero-order chi connectivity index (χ0) is 13.1. The van der Waals surface area contributed by atoms with Gasteiger partial charge in [0.2, 0.25) is 5.91 Å². The fourth-order valence-electron chi connectivity index (χ4n) is 2.15. The quantitative estimate of drug-likeness (QED) is 0.881. The first-order valence-corrected chi connectivity index (χ1v) is 6.09. The summed E-state index contributed by atoms with van der Waals surface area (Å²) in [6.07, 6.45) is 4.55. The largest absolute Gasteiger partial charge is 0.481 e. The predicted molar refractivity (Wildman–Crippen MR) is 66.3 cm³/mol. The molecule has 0 spiro atoms. The highest BCUT2D eigenvalue weighted by atomic mass is 35.5. The van der Waals surface area contributed by atoms with E-state index in [0.717, 1.165) is 0 Å². The van der Waals surface area contributed by atoms with Crippen molar-refractivity contribution in [2.24, 2.45) is 11.8 Å². The van der Waals surface area contributed by atoms with Crippen LogP contribution in [-0.2, 0) is 9.59 Å². The third-order valence-corrected chi connectivity index (χ3v) is 3.51. The first kappa shape index (κ1) is 12.8. The summed E-state index contributed by atoms with van der Waals surface area (Å²) in [6.45, 7) is 0. The van der Waals surface area contributed by atoms with Gasteiger partial charge in [0, 0.05) is 12.1 Å². The number of pyridine rings is 1. The highest BCUT2D eigenvalue weighted by Gasteiger charge is 2.33. The Hall–Kier alpha value is -1.62. The number of rotatable bonds is 3. The summed E-state index contributed by atoms with van der Waals surface area (Å²) < 4.78 is 0. The maximum atomic E-state index is 11.9. The molecule has 0 aliphatic heterocycles. The van der Waals surface area contributed by atoms with Crippen molar-refractivity contribution in [3.8, 4) is 0 Å². The number of nitrogens with zero attached hydrogens (tertiary/aromatic N) is 1. The van der Waals surface area contributed by atoms with Gasteiger partial charge in [0.25, 0.3) is 0 Å². The average molecular weight is 269 g/mol. The Morgan fingerprint density at radius 1 is 1.39 bits per heavy atom. The van der Waals surface area contributed by atoms with Crippen LogP contribution in [0.5, 0.6) is 0 Å². The van der Waals surface area contributed by atoms with Crippen molar-refractivity contribution in [3.63, 3.8) is 0 Å². The number of hydrogen-bond donors (Lipinski definition) is 2. The highest BCUT2D eigenvalue weighted by molar-refractivity contribution is 6.33. The van der Waals surface area contributed by atoms with E-state index in [0.29, 0.717) is 30.0 Å². The van der Waals surface area contributed by atoms with E-state index >= 15 is 0 Å². The summed E-state index contributed by atoms with van der Waals surface area (Å²) in [4.78, 5) is 26.6. The number of carbonyl (C=O) groups excluding carboxylic acids is 1. The van der Waals surface area contributed by atoms with Gasteiger partial charge in [-0.15, -0.1) is 0 Å². The Labute approximate surface area is 109 Å². The van der Waals surface area contributed by atoms with E-state index in [1.807, 2.05) is 0 Å². The van der Waals surface area contributed by atoms with Crippen molar-refractivity contribution in [2.45, 2.75) is 19.3 Å². The fourth-order valence-corrected chi connectivity index (χ4v) is 2.30. The second-order valence-corrected chi connectivity index (χ2v) is 4.80. The zero-order valence-corrected chi connectivity index (χ0v) is 10.4. The molecule has 0 saturated heterocycles.